The number of aryl methyl sites for hydroxylation is 1. The van der Waals surface area contributed by atoms with Gasteiger partial charge in [0.15, 0.2) is 6.61 Å². The highest BCUT2D eigenvalue weighted by Crippen LogP contribution is 2.45. The SMILES string of the molecule is COc1ccc(/C=N\NC(=O)COc2ccc(C3SCCS3)cc2)cc1C. The van der Waals surface area contributed by atoms with Crippen molar-refractivity contribution in [1.82, 2.24) is 5.43 Å². The molecule has 1 aliphatic rings. The van der Waals surface area contributed by atoms with E-state index in [4.69, 9.17) is 9.47 Å². The molecular weight excluding hydrogens is 380 g/mol. The number of carbonyl (C=O) groups excluding carboxylic acids is 1. The van der Waals surface area contributed by atoms with E-state index in [0.29, 0.717) is 10.3 Å². The third-order valence-electron chi connectivity index (χ3n) is 3.97. The lowest BCUT2D eigenvalue weighted by atomic mass is 10.1. The molecule has 0 unspecified atom stereocenters. The fraction of sp³-hybridized carbons (Fsp3) is 0.300. The van der Waals surface area contributed by atoms with Crippen LogP contribution in [0, 0.1) is 6.92 Å². The average Bonchev–Trinajstić information content (AvgIpc) is 3.22. The molecule has 142 valence electrons. The van der Waals surface area contributed by atoms with Gasteiger partial charge in [0, 0.05) is 11.5 Å². The zero-order valence-corrected chi connectivity index (χ0v) is 16.9. The Morgan fingerprint density at radius 1 is 1.22 bits per heavy atom. The molecule has 7 heteroatoms. The summed E-state index contributed by atoms with van der Waals surface area (Å²) in [5.41, 5.74) is 5.65. The first kappa shape index (κ1) is 19.6. The Labute approximate surface area is 167 Å². The molecule has 0 atom stereocenters. The smallest absolute Gasteiger partial charge is 0.277 e. The molecule has 1 aliphatic heterocycles. The summed E-state index contributed by atoms with van der Waals surface area (Å²) < 4.78 is 11.3. The molecule has 0 radical (unpaired) electrons. The first-order valence-electron chi connectivity index (χ1n) is 8.58. The first-order chi connectivity index (χ1) is 13.2. The summed E-state index contributed by atoms with van der Waals surface area (Å²) in [6.45, 7) is 1.88. The molecule has 1 N–H and O–H groups in total. The summed E-state index contributed by atoms with van der Waals surface area (Å²) in [4.78, 5) is 11.9. The van der Waals surface area contributed by atoms with Gasteiger partial charge in [-0.1, -0.05) is 12.1 Å². The van der Waals surface area contributed by atoms with Crippen LogP contribution in [0.4, 0.5) is 0 Å². The third kappa shape index (κ3) is 5.68. The number of benzene rings is 2. The second kappa shape index (κ2) is 9.71. The number of methoxy groups -OCH3 is 1. The van der Waals surface area contributed by atoms with Gasteiger partial charge in [-0.2, -0.15) is 5.10 Å². The zero-order valence-electron chi connectivity index (χ0n) is 15.3. The first-order valence-corrected chi connectivity index (χ1v) is 10.7. The minimum absolute atomic E-state index is 0.0781. The van der Waals surface area contributed by atoms with Crippen LogP contribution in [0.5, 0.6) is 11.5 Å². The molecule has 3 rings (SSSR count). The van der Waals surface area contributed by atoms with Crippen molar-refractivity contribution in [2.75, 3.05) is 25.2 Å². The Bertz CT molecular complexity index is 803. The van der Waals surface area contributed by atoms with E-state index in [-0.39, 0.29) is 12.5 Å². The van der Waals surface area contributed by atoms with Gasteiger partial charge in [-0.3, -0.25) is 4.79 Å². The van der Waals surface area contributed by atoms with E-state index in [9.17, 15) is 4.79 Å². The predicted molar refractivity (Wildman–Crippen MR) is 113 cm³/mol. The normalized spacial score (nSPS) is 14.4. The lowest BCUT2D eigenvalue weighted by molar-refractivity contribution is -0.123. The average molecular weight is 403 g/mol. The Morgan fingerprint density at radius 2 is 1.96 bits per heavy atom. The van der Waals surface area contributed by atoms with Crippen LogP contribution in [-0.2, 0) is 4.79 Å². The molecule has 2 aromatic rings. The molecule has 1 saturated heterocycles. The molecule has 5 nitrogen and oxygen atoms in total. The zero-order chi connectivity index (χ0) is 19.1. The molecule has 0 aromatic heterocycles. The summed E-state index contributed by atoms with van der Waals surface area (Å²) in [6, 6.07) is 13.6. The van der Waals surface area contributed by atoms with Crippen LogP contribution in [0.2, 0.25) is 0 Å². The molecule has 1 fully saturated rings. The van der Waals surface area contributed by atoms with Crippen LogP contribution >= 0.6 is 23.5 Å². The number of thioether (sulfide) groups is 2. The van der Waals surface area contributed by atoms with Crippen LogP contribution in [0.15, 0.2) is 47.6 Å². The number of ether oxygens (including phenoxy) is 2. The van der Waals surface area contributed by atoms with Crippen LogP contribution in [0.3, 0.4) is 0 Å². The van der Waals surface area contributed by atoms with E-state index in [1.165, 1.54) is 17.1 Å². The monoisotopic (exact) mass is 402 g/mol. The van der Waals surface area contributed by atoms with E-state index in [1.807, 2.05) is 60.8 Å². The molecule has 2 aromatic carbocycles. The van der Waals surface area contributed by atoms with E-state index in [1.54, 1.807) is 13.3 Å². The second-order valence-corrected chi connectivity index (χ2v) is 8.68. The summed E-state index contributed by atoms with van der Waals surface area (Å²) in [6.07, 6.45) is 1.59. The summed E-state index contributed by atoms with van der Waals surface area (Å²) in [5, 5.41) is 3.97. The molecule has 1 heterocycles. The molecule has 27 heavy (non-hydrogen) atoms. The van der Waals surface area contributed by atoms with E-state index in [2.05, 4.69) is 22.7 Å². The topological polar surface area (TPSA) is 59.9 Å². The number of hydrogen-bond donors (Lipinski definition) is 1. The predicted octanol–water partition coefficient (Wildman–Crippen LogP) is 4.01. The summed E-state index contributed by atoms with van der Waals surface area (Å²) in [5.74, 6) is 3.59. The second-order valence-electron chi connectivity index (χ2n) is 5.95. The van der Waals surface area contributed by atoms with Crippen LogP contribution in [0.25, 0.3) is 0 Å². The summed E-state index contributed by atoms with van der Waals surface area (Å²) in [7, 11) is 1.64. The number of hydrazone groups is 1. The van der Waals surface area contributed by atoms with Crippen LogP contribution in [-0.4, -0.2) is 37.3 Å². The number of nitrogens with one attached hydrogen (secondary N) is 1. The number of carbonyl (C=O) groups is 1. The van der Waals surface area contributed by atoms with Crippen molar-refractivity contribution in [3.63, 3.8) is 0 Å². The highest BCUT2D eigenvalue weighted by atomic mass is 32.2. The Hall–Kier alpha value is -2.12. The van der Waals surface area contributed by atoms with Crippen molar-refractivity contribution in [3.05, 3.63) is 59.2 Å². The maximum absolute atomic E-state index is 11.9. The fourth-order valence-corrected chi connectivity index (χ4v) is 5.47. The summed E-state index contributed by atoms with van der Waals surface area (Å²) >= 11 is 3.93. The Balaban J connectivity index is 1.44. The maximum atomic E-state index is 11.9. The maximum Gasteiger partial charge on any atom is 0.277 e. The lowest BCUT2D eigenvalue weighted by Gasteiger charge is -2.10. The van der Waals surface area contributed by atoms with Crippen LogP contribution in [0.1, 0.15) is 21.3 Å². The molecule has 0 bridgehead atoms. The number of nitrogens with zero attached hydrogens (tertiary/aromatic N) is 1. The Kier molecular flexibility index (Phi) is 7.06. The van der Waals surface area contributed by atoms with Crippen LogP contribution < -0.4 is 14.9 Å². The van der Waals surface area contributed by atoms with E-state index >= 15 is 0 Å². The van der Waals surface area contributed by atoms with Gasteiger partial charge in [0.05, 0.1) is 17.9 Å². The van der Waals surface area contributed by atoms with Crippen molar-refractivity contribution < 1.29 is 14.3 Å². The molecular formula is C20H22N2O3S2. The van der Waals surface area contributed by atoms with Gasteiger partial charge in [0.2, 0.25) is 0 Å². The number of amides is 1. The minimum Gasteiger partial charge on any atom is -0.496 e. The van der Waals surface area contributed by atoms with Crippen molar-refractivity contribution in [2.24, 2.45) is 5.10 Å². The lowest BCUT2D eigenvalue weighted by Crippen LogP contribution is -2.24. The number of hydrogen-bond acceptors (Lipinski definition) is 6. The van der Waals surface area contributed by atoms with Gasteiger partial charge in [-0.25, -0.2) is 5.43 Å². The molecule has 0 spiro atoms. The van der Waals surface area contributed by atoms with E-state index < -0.39 is 0 Å². The van der Waals surface area contributed by atoms with Gasteiger partial charge in [0.25, 0.3) is 5.91 Å². The van der Waals surface area contributed by atoms with E-state index in [0.717, 1.165) is 16.9 Å². The minimum atomic E-state index is -0.303. The molecule has 0 aliphatic carbocycles. The van der Waals surface area contributed by atoms with Gasteiger partial charge >= 0.3 is 0 Å². The van der Waals surface area contributed by atoms with Crippen molar-refractivity contribution >= 4 is 35.6 Å². The highest BCUT2D eigenvalue weighted by Gasteiger charge is 2.17. The van der Waals surface area contributed by atoms with Gasteiger partial charge in [0.1, 0.15) is 11.5 Å². The Morgan fingerprint density at radius 3 is 2.63 bits per heavy atom. The fourth-order valence-electron chi connectivity index (χ4n) is 2.61. The quantitative estimate of drug-likeness (QED) is 0.560. The number of rotatable bonds is 7. The van der Waals surface area contributed by atoms with Crippen molar-refractivity contribution in [1.29, 1.82) is 0 Å². The highest BCUT2D eigenvalue weighted by molar-refractivity contribution is 8.19. The molecule has 0 saturated carbocycles. The van der Waals surface area contributed by atoms with Gasteiger partial charge < -0.3 is 9.47 Å². The third-order valence-corrected chi connectivity index (χ3v) is 7.07. The van der Waals surface area contributed by atoms with Gasteiger partial charge in [-0.15, -0.1) is 23.5 Å². The van der Waals surface area contributed by atoms with Gasteiger partial charge in [-0.05, 0) is 53.9 Å². The van der Waals surface area contributed by atoms with Crippen molar-refractivity contribution in [3.8, 4) is 11.5 Å². The van der Waals surface area contributed by atoms with Crippen molar-refractivity contribution in [2.45, 2.75) is 11.5 Å². The largest absolute Gasteiger partial charge is 0.496 e. The molecule has 1 amide bonds. The standard InChI is InChI=1S/C20H22N2O3S2/c1-14-11-15(3-8-18(14)24-2)12-21-22-19(23)13-25-17-6-4-16(5-7-17)20-26-9-10-27-20/h3-8,11-12,20H,9-10,13H2,1-2H3,(H,22,23)/b21-12-.